The number of nitrogens with zero attached hydrogens (tertiary/aromatic N) is 1. The van der Waals surface area contributed by atoms with Crippen LogP contribution in [-0.4, -0.2) is 23.9 Å². The summed E-state index contributed by atoms with van der Waals surface area (Å²) in [4.78, 5) is 14.0. The minimum atomic E-state index is -0.244. The van der Waals surface area contributed by atoms with Gasteiger partial charge in [-0.3, -0.25) is 4.79 Å². The van der Waals surface area contributed by atoms with Crippen LogP contribution in [-0.2, 0) is 11.3 Å². The highest BCUT2D eigenvalue weighted by atomic mass is 19.1. The lowest BCUT2D eigenvalue weighted by atomic mass is 10.2. The third-order valence-electron chi connectivity index (χ3n) is 3.41. The molecule has 0 aromatic heterocycles. The Labute approximate surface area is 113 Å². The molecule has 0 atom stereocenters. The fourth-order valence-electron chi connectivity index (χ4n) is 2.09. The van der Waals surface area contributed by atoms with Gasteiger partial charge in [-0.15, -0.1) is 0 Å². The van der Waals surface area contributed by atoms with Crippen LogP contribution in [0.4, 0.5) is 4.39 Å². The van der Waals surface area contributed by atoms with E-state index >= 15 is 0 Å². The van der Waals surface area contributed by atoms with Crippen LogP contribution in [0.25, 0.3) is 0 Å². The van der Waals surface area contributed by atoms with Gasteiger partial charge in [0.25, 0.3) is 0 Å². The van der Waals surface area contributed by atoms with Gasteiger partial charge in [-0.05, 0) is 49.4 Å². The molecule has 2 rings (SSSR count). The van der Waals surface area contributed by atoms with Crippen molar-refractivity contribution in [2.45, 2.75) is 32.2 Å². The standard InChI is InChI=1S/C15H21FN2O/c16-14-7-5-13(6-8-14)11-18(10-12-3-4-12)15(19)2-1-9-17/h5-8,12H,1-4,9-11,17H2. The Kier molecular flexibility index (Phi) is 4.91. The first-order valence-corrected chi connectivity index (χ1v) is 6.91. The van der Waals surface area contributed by atoms with Gasteiger partial charge >= 0.3 is 0 Å². The molecule has 1 aliphatic carbocycles. The van der Waals surface area contributed by atoms with Crippen LogP contribution in [0.2, 0.25) is 0 Å². The van der Waals surface area contributed by atoms with Crippen LogP contribution < -0.4 is 5.73 Å². The molecular weight excluding hydrogens is 243 g/mol. The zero-order valence-electron chi connectivity index (χ0n) is 11.1. The minimum absolute atomic E-state index is 0.154. The number of hydrogen-bond donors (Lipinski definition) is 1. The van der Waals surface area contributed by atoms with E-state index in [4.69, 9.17) is 5.73 Å². The van der Waals surface area contributed by atoms with E-state index in [2.05, 4.69) is 0 Å². The van der Waals surface area contributed by atoms with E-state index in [0.29, 0.717) is 25.4 Å². The average molecular weight is 264 g/mol. The number of rotatable bonds is 7. The summed E-state index contributed by atoms with van der Waals surface area (Å²) < 4.78 is 12.9. The quantitative estimate of drug-likeness (QED) is 0.821. The first kappa shape index (κ1) is 14.0. The molecule has 0 unspecified atom stereocenters. The summed E-state index contributed by atoms with van der Waals surface area (Å²) in [6.07, 6.45) is 3.65. The molecule has 0 spiro atoms. The van der Waals surface area contributed by atoms with Crippen LogP contribution in [0.1, 0.15) is 31.2 Å². The molecule has 4 heteroatoms. The first-order chi connectivity index (χ1) is 9.19. The Hall–Kier alpha value is -1.42. The van der Waals surface area contributed by atoms with Crippen molar-refractivity contribution in [2.24, 2.45) is 11.7 Å². The Morgan fingerprint density at radius 1 is 1.32 bits per heavy atom. The zero-order chi connectivity index (χ0) is 13.7. The first-order valence-electron chi connectivity index (χ1n) is 6.91. The summed E-state index contributed by atoms with van der Waals surface area (Å²) in [5, 5.41) is 0. The zero-order valence-corrected chi connectivity index (χ0v) is 11.1. The van der Waals surface area contributed by atoms with Crippen molar-refractivity contribution in [1.29, 1.82) is 0 Å². The summed E-state index contributed by atoms with van der Waals surface area (Å²) in [6, 6.07) is 6.36. The fraction of sp³-hybridized carbons (Fsp3) is 0.533. The number of carbonyl (C=O) groups is 1. The highest BCUT2D eigenvalue weighted by Gasteiger charge is 2.26. The molecule has 1 saturated carbocycles. The average Bonchev–Trinajstić information content (AvgIpc) is 3.21. The summed E-state index contributed by atoms with van der Waals surface area (Å²) >= 11 is 0. The molecule has 3 nitrogen and oxygen atoms in total. The largest absolute Gasteiger partial charge is 0.338 e. The number of halogens is 1. The molecule has 1 aromatic carbocycles. The van der Waals surface area contributed by atoms with Gasteiger partial charge in [-0.25, -0.2) is 4.39 Å². The van der Waals surface area contributed by atoms with Crippen LogP contribution in [0, 0.1) is 11.7 Å². The topological polar surface area (TPSA) is 46.3 Å². The molecule has 0 saturated heterocycles. The molecule has 1 amide bonds. The van der Waals surface area contributed by atoms with Crippen molar-refractivity contribution >= 4 is 5.91 Å². The number of nitrogens with two attached hydrogens (primary N) is 1. The third-order valence-corrected chi connectivity index (χ3v) is 3.41. The molecule has 104 valence electrons. The number of benzene rings is 1. The van der Waals surface area contributed by atoms with Gasteiger partial charge in [0.1, 0.15) is 5.82 Å². The van der Waals surface area contributed by atoms with Crippen molar-refractivity contribution in [3.63, 3.8) is 0 Å². The van der Waals surface area contributed by atoms with E-state index in [1.807, 2.05) is 4.90 Å². The lowest BCUT2D eigenvalue weighted by Gasteiger charge is -2.23. The lowest BCUT2D eigenvalue weighted by molar-refractivity contribution is -0.132. The van der Waals surface area contributed by atoms with Gasteiger partial charge in [-0.1, -0.05) is 12.1 Å². The Morgan fingerprint density at radius 2 is 2.00 bits per heavy atom. The monoisotopic (exact) mass is 264 g/mol. The van der Waals surface area contributed by atoms with Crippen molar-refractivity contribution in [3.05, 3.63) is 35.6 Å². The molecule has 0 heterocycles. The molecule has 1 aromatic rings. The van der Waals surface area contributed by atoms with Crippen LogP contribution in [0.5, 0.6) is 0 Å². The second-order valence-electron chi connectivity index (χ2n) is 5.24. The van der Waals surface area contributed by atoms with E-state index in [9.17, 15) is 9.18 Å². The Morgan fingerprint density at radius 3 is 2.58 bits per heavy atom. The third kappa shape index (κ3) is 4.63. The van der Waals surface area contributed by atoms with Crippen molar-refractivity contribution in [2.75, 3.05) is 13.1 Å². The van der Waals surface area contributed by atoms with Crippen molar-refractivity contribution in [3.8, 4) is 0 Å². The number of hydrogen-bond acceptors (Lipinski definition) is 2. The highest BCUT2D eigenvalue weighted by molar-refractivity contribution is 5.76. The Bertz CT molecular complexity index is 415. The minimum Gasteiger partial charge on any atom is -0.338 e. The normalized spacial score (nSPS) is 14.4. The van der Waals surface area contributed by atoms with E-state index in [1.54, 1.807) is 12.1 Å². The van der Waals surface area contributed by atoms with E-state index < -0.39 is 0 Å². The van der Waals surface area contributed by atoms with Gasteiger partial charge in [0, 0.05) is 19.5 Å². The van der Waals surface area contributed by atoms with E-state index in [-0.39, 0.29) is 11.7 Å². The molecule has 1 aliphatic rings. The molecule has 0 aliphatic heterocycles. The molecular formula is C15H21FN2O. The van der Waals surface area contributed by atoms with Crippen molar-refractivity contribution in [1.82, 2.24) is 4.90 Å². The summed E-state index contributed by atoms with van der Waals surface area (Å²) in [5.74, 6) is 0.566. The molecule has 0 bridgehead atoms. The van der Waals surface area contributed by atoms with Crippen LogP contribution in [0.3, 0.4) is 0 Å². The maximum Gasteiger partial charge on any atom is 0.222 e. The fourth-order valence-corrected chi connectivity index (χ4v) is 2.09. The second kappa shape index (κ2) is 6.66. The van der Waals surface area contributed by atoms with Crippen LogP contribution >= 0.6 is 0 Å². The predicted molar refractivity (Wildman–Crippen MR) is 72.8 cm³/mol. The Balaban J connectivity index is 1.95. The number of amides is 1. The highest BCUT2D eigenvalue weighted by Crippen LogP contribution is 2.30. The van der Waals surface area contributed by atoms with E-state index in [1.165, 1.54) is 25.0 Å². The SMILES string of the molecule is NCCCC(=O)N(Cc1ccc(F)cc1)CC1CC1. The maximum absolute atomic E-state index is 12.9. The molecule has 0 radical (unpaired) electrons. The molecule has 2 N–H and O–H groups in total. The summed E-state index contributed by atoms with van der Waals surface area (Å²) in [6.45, 7) is 1.93. The van der Waals surface area contributed by atoms with Gasteiger partial charge in [-0.2, -0.15) is 0 Å². The molecule has 1 fully saturated rings. The second-order valence-corrected chi connectivity index (χ2v) is 5.24. The van der Waals surface area contributed by atoms with Gasteiger partial charge in [0.05, 0.1) is 0 Å². The number of carbonyl (C=O) groups excluding carboxylic acids is 1. The maximum atomic E-state index is 12.9. The van der Waals surface area contributed by atoms with Gasteiger partial charge in [0.2, 0.25) is 5.91 Å². The summed E-state index contributed by atoms with van der Waals surface area (Å²) in [7, 11) is 0. The van der Waals surface area contributed by atoms with Gasteiger partial charge in [0.15, 0.2) is 0 Å². The predicted octanol–water partition coefficient (Wildman–Crippen LogP) is 2.30. The van der Waals surface area contributed by atoms with E-state index in [0.717, 1.165) is 18.5 Å². The smallest absolute Gasteiger partial charge is 0.222 e. The summed E-state index contributed by atoms with van der Waals surface area (Å²) in [5.41, 5.74) is 6.42. The van der Waals surface area contributed by atoms with Crippen LogP contribution in [0.15, 0.2) is 24.3 Å². The van der Waals surface area contributed by atoms with Gasteiger partial charge < -0.3 is 10.6 Å². The van der Waals surface area contributed by atoms with Crippen molar-refractivity contribution < 1.29 is 9.18 Å². The molecule has 19 heavy (non-hydrogen) atoms. The lowest BCUT2D eigenvalue weighted by Crippen LogP contribution is -2.32.